The molecule has 0 aliphatic carbocycles. The quantitative estimate of drug-likeness (QED) is 0.560. The van der Waals surface area contributed by atoms with Crippen molar-refractivity contribution in [1.82, 2.24) is 0 Å². The van der Waals surface area contributed by atoms with E-state index in [1.807, 2.05) is 27.7 Å². The van der Waals surface area contributed by atoms with Crippen molar-refractivity contribution in [3.8, 4) is 0 Å². The third-order valence-corrected chi connectivity index (χ3v) is 1.64. The van der Waals surface area contributed by atoms with Gasteiger partial charge in [-0.15, -0.1) is 11.6 Å². The summed E-state index contributed by atoms with van der Waals surface area (Å²) in [5.74, 6) is 0.657. The monoisotopic (exact) mass is 175 g/mol. The first kappa shape index (κ1) is 8.85. The van der Waals surface area contributed by atoms with Crippen LogP contribution in [-0.2, 0) is 4.74 Å². The number of hydrogen-bond acceptors (Lipinski definition) is 2. The molecule has 3 heteroatoms. The summed E-state index contributed by atoms with van der Waals surface area (Å²) in [5.41, 5.74) is -0.0957. The Balaban J connectivity index is 2.79. The van der Waals surface area contributed by atoms with Gasteiger partial charge in [-0.1, -0.05) is 0 Å². The van der Waals surface area contributed by atoms with Crippen molar-refractivity contribution in [1.29, 1.82) is 0 Å². The first-order valence-electron chi connectivity index (χ1n) is 3.73. The van der Waals surface area contributed by atoms with E-state index in [-0.39, 0.29) is 5.54 Å². The van der Waals surface area contributed by atoms with E-state index in [0.717, 1.165) is 0 Å². The van der Waals surface area contributed by atoms with Gasteiger partial charge in [-0.05, 0) is 27.7 Å². The number of halogens is 1. The molecule has 0 saturated heterocycles. The van der Waals surface area contributed by atoms with E-state index in [4.69, 9.17) is 16.3 Å². The predicted octanol–water partition coefficient (Wildman–Crippen LogP) is 2.21. The largest absolute Gasteiger partial charge is 0.477 e. The van der Waals surface area contributed by atoms with Gasteiger partial charge in [-0.25, -0.2) is 4.99 Å². The lowest BCUT2D eigenvalue weighted by Crippen LogP contribution is -2.24. The molecule has 0 N–H and O–H groups in total. The molecule has 0 amide bonds. The molecular formula is C8H14ClNO. The van der Waals surface area contributed by atoms with Gasteiger partial charge in [-0.2, -0.15) is 0 Å². The Hall–Kier alpha value is -0.240. The summed E-state index contributed by atoms with van der Waals surface area (Å²) in [6.45, 7) is 8.47. The highest BCUT2D eigenvalue weighted by Crippen LogP contribution is 2.25. The van der Waals surface area contributed by atoms with E-state index < -0.39 is 4.87 Å². The van der Waals surface area contributed by atoms with Crippen LogP contribution < -0.4 is 0 Å². The first-order chi connectivity index (χ1) is 4.81. The molecule has 1 heterocycles. The Morgan fingerprint density at radius 1 is 1.55 bits per heavy atom. The van der Waals surface area contributed by atoms with Crippen LogP contribution in [0.2, 0.25) is 0 Å². The lowest BCUT2D eigenvalue weighted by atomic mass is 10.1. The molecular weight excluding hydrogens is 162 g/mol. The zero-order valence-electron chi connectivity index (χ0n) is 7.44. The highest BCUT2D eigenvalue weighted by Gasteiger charge is 2.34. The zero-order valence-corrected chi connectivity index (χ0v) is 8.20. The molecule has 2 nitrogen and oxygen atoms in total. The molecule has 0 fully saturated rings. The second-order valence-corrected chi connectivity index (χ2v) is 4.94. The maximum Gasteiger partial charge on any atom is 0.205 e. The van der Waals surface area contributed by atoms with Gasteiger partial charge in [0, 0.05) is 0 Å². The molecule has 0 saturated carbocycles. The van der Waals surface area contributed by atoms with Crippen LogP contribution in [0, 0.1) is 0 Å². The number of rotatable bonds is 1. The van der Waals surface area contributed by atoms with Crippen molar-refractivity contribution in [3.63, 3.8) is 0 Å². The molecule has 0 radical (unpaired) electrons. The van der Waals surface area contributed by atoms with Gasteiger partial charge >= 0.3 is 0 Å². The second-order valence-electron chi connectivity index (χ2n) is 3.99. The highest BCUT2D eigenvalue weighted by molar-refractivity contribution is 6.34. The third kappa shape index (κ3) is 2.09. The average Bonchev–Trinajstić information content (AvgIpc) is 2.07. The molecule has 64 valence electrons. The first-order valence-corrected chi connectivity index (χ1v) is 4.11. The Kier molecular flexibility index (Phi) is 1.91. The molecule has 11 heavy (non-hydrogen) atoms. The maximum atomic E-state index is 6.01. The maximum absolute atomic E-state index is 6.01. The van der Waals surface area contributed by atoms with Gasteiger partial charge in [0.25, 0.3) is 0 Å². The van der Waals surface area contributed by atoms with E-state index in [2.05, 4.69) is 4.99 Å². The van der Waals surface area contributed by atoms with Crippen molar-refractivity contribution in [2.45, 2.75) is 38.1 Å². The van der Waals surface area contributed by atoms with Crippen molar-refractivity contribution in [3.05, 3.63) is 0 Å². The summed E-state index contributed by atoms with van der Waals surface area (Å²) in [4.78, 5) is 3.89. The normalized spacial score (nSPS) is 22.8. The fraction of sp³-hybridized carbons (Fsp3) is 0.875. The van der Waals surface area contributed by atoms with Gasteiger partial charge < -0.3 is 4.74 Å². The summed E-state index contributed by atoms with van der Waals surface area (Å²) in [6, 6.07) is 0. The number of aliphatic imine (C=N–C) groups is 1. The molecule has 0 aromatic heterocycles. The van der Waals surface area contributed by atoms with E-state index in [0.29, 0.717) is 12.5 Å². The van der Waals surface area contributed by atoms with Gasteiger partial charge in [0.05, 0.1) is 5.54 Å². The van der Waals surface area contributed by atoms with E-state index >= 15 is 0 Å². The van der Waals surface area contributed by atoms with Crippen LogP contribution in [0.15, 0.2) is 4.99 Å². The summed E-state index contributed by atoms with van der Waals surface area (Å²) >= 11 is 6.01. The molecule has 1 aliphatic heterocycles. The van der Waals surface area contributed by atoms with Crippen molar-refractivity contribution >= 4 is 17.5 Å². The number of ether oxygens (including phenoxy) is 1. The summed E-state index contributed by atoms with van der Waals surface area (Å²) in [7, 11) is 0. The van der Waals surface area contributed by atoms with Gasteiger partial charge in [0.1, 0.15) is 11.5 Å². The minimum Gasteiger partial charge on any atom is -0.477 e. The topological polar surface area (TPSA) is 21.6 Å². The Bertz CT molecular complexity index is 191. The lowest BCUT2D eigenvalue weighted by molar-refractivity contribution is 0.270. The minimum absolute atomic E-state index is 0.0957. The Morgan fingerprint density at radius 2 is 2.09 bits per heavy atom. The van der Waals surface area contributed by atoms with E-state index in [9.17, 15) is 0 Å². The molecule has 0 atom stereocenters. The highest BCUT2D eigenvalue weighted by atomic mass is 35.5. The number of nitrogens with zero attached hydrogens (tertiary/aromatic N) is 1. The Morgan fingerprint density at radius 3 is 2.27 bits per heavy atom. The number of alkyl halides is 1. The molecule has 0 bridgehead atoms. The second kappa shape index (κ2) is 2.37. The SMILES string of the molecule is CC1(C)COC(C(C)(C)Cl)=N1. The standard InChI is InChI=1S/C8H14ClNO/c1-7(2)5-11-6(10-7)8(3,4)9/h5H2,1-4H3. The van der Waals surface area contributed by atoms with Crippen LogP contribution in [0.1, 0.15) is 27.7 Å². The van der Waals surface area contributed by atoms with Crippen LogP contribution in [0.3, 0.4) is 0 Å². The predicted molar refractivity (Wildman–Crippen MR) is 47.4 cm³/mol. The summed E-state index contributed by atoms with van der Waals surface area (Å²) < 4.78 is 5.35. The van der Waals surface area contributed by atoms with Crippen LogP contribution >= 0.6 is 11.6 Å². The van der Waals surface area contributed by atoms with Crippen molar-refractivity contribution in [2.24, 2.45) is 4.99 Å². The fourth-order valence-electron chi connectivity index (χ4n) is 0.889. The molecule has 0 aromatic carbocycles. The number of hydrogen-bond donors (Lipinski definition) is 0. The molecule has 0 spiro atoms. The third-order valence-electron chi connectivity index (χ3n) is 1.47. The smallest absolute Gasteiger partial charge is 0.205 e. The van der Waals surface area contributed by atoms with Crippen molar-refractivity contribution in [2.75, 3.05) is 6.61 Å². The van der Waals surface area contributed by atoms with Gasteiger partial charge in [0.15, 0.2) is 0 Å². The van der Waals surface area contributed by atoms with Gasteiger partial charge in [0.2, 0.25) is 5.90 Å². The minimum atomic E-state index is -0.465. The lowest BCUT2D eigenvalue weighted by Gasteiger charge is -2.13. The molecule has 1 rings (SSSR count). The van der Waals surface area contributed by atoms with E-state index in [1.165, 1.54) is 0 Å². The van der Waals surface area contributed by atoms with Crippen LogP contribution in [0.4, 0.5) is 0 Å². The Labute approximate surface area is 72.6 Å². The molecule has 0 aromatic rings. The van der Waals surface area contributed by atoms with Crippen LogP contribution in [-0.4, -0.2) is 22.9 Å². The molecule has 1 aliphatic rings. The average molecular weight is 176 g/mol. The van der Waals surface area contributed by atoms with Crippen LogP contribution in [0.25, 0.3) is 0 Å². The van der Waals surface area contributed by atoms with Crippen LogP contribution in [0.5, 0.6) is 0 Å². The summed E-state index contributed by atoms with van der Waals surface area (Å²) in [6.07, 6.45) is 0. The van der Waals surface area contributed by atoms with E-state index in [1.54, 1.807) is 0 Å². The van der Waals surface area contributed by atoms with Crippen molar-refractivity contribution < 1.29 is 4.74 Å². The summed E-state index contributed by atoms with van der Waals surface area (Å²) in [5, 5.41) is 0. The zero-order chi connectivity index (χ0) is 8.70. The fourth-order valence-corrected chi connectivity index (χ4v) is 0.986. The van der Waals surface area contributed by atoms with Gasteiger partial charge in [-0.3, -0.25) is 0 Å². The molecule has 0 unspecified atom stereocenters.